The lowest BCUT2D eigenvalue weighted by molar-refractivity contribution is -0.348. The summed E-state index contributed by atoms with van der Waals surface area (Å²) >= 11 is 0. The van der Waals surface area contributed by atoms with Crippen molar-refractivity contribution in [3.8, 4) is 0 Å². The van der Waals surface area contributed by atoms with Gasteiger partial charge in [0.15, 0.2) is 31.3 Å². The fourth-order valence-electron chi connectivity index (χ4n) is 7.42. The Morgan fingerprint density at radius 1 is 0.473 bits per heavy atom. The van der Waals surface area contributed by atoms with Crippen molar-refractivity contribution in [2.75, 3.05) is 6.61 Å². The van der Waals surface area contributed by atoms with E-state index in [1.165, 1.54) is 13.8 Å². The van der Waals surface area contributed by atoms with Crippen molar-refractivity contribution in [1.82, 2.24) is 21.3 Å². The summed E-state index contributed by atoms with van der Waals surface area (Å²) in [5, 5.41) is 76.9. The maximum atomic E-state index is 12.8. The predicted molar refractivity (Wildman–Crippen MR) is 175 cm³/mol. The Balaban J connectivity index is 1.72. The molecular formula is C32H50N4O19. The Kier molecular flexibility index (Phi) is 13.7. The van der Waals surface area contributed by atoms with Crippen molar-refractivity contribution in [1.29, 1.82) is 0 Å². The first kappa shape index (κ1) is 43.0. The molecule has 23 heteroatoms. The molecule has 0 saturated carbocycles. The van der Waals surface area contributed by atoms with E-state index in [2.05, 4.69) is 21.3 Å². The third kappa shape index (κ3) is 9.19. The molecule has 10 N–H and O–H groups in total. The second-order valence-corrected chi connectivity index (χ2v) is 14.2. The molecule has 0 aromatic rings. The number of aliphatic hydroxyl groups excluding tert-OH is 5. The Labute approximate surface area is 314 Å². The largest absolute Gasteiger partial charge is 0.479 e. The van der Waals surface area contributed by atoms with Crippen molar-refractivity contribution in [3.05, 3.63) is 0 Å². The Bertz CT molecular complexity index is 1430. The second-order valence-electron chi connectivity index (χ2n) is 14.2. The topological polar surface area (TPSA) is 329 Å². The normalized spacial score (nSPS) is 46.0. The maximum absolute atomic E-state index is 12.8. The summed E-state index contributed by atoms with van der Waals surface area (Å²) in [6.07, 6.45) is -26.6. The van der Waals surface area contributed by atoms with Crippen molar-refractivity contribution in [2.45, 2.75) is 164 Å². The SMILES string of the molecule is CC(=O)N[C@@H]1[C@@H]2O[C@H]3[C@H](O)[C@@H](CO)O[C@@H](O[C@@H]4[C@@H](O)[C@H](C)O[C@@H](O[C@@H]5[C@H](O)[C@@H](NC(C)=O)[C@@H](O[C@@H]1[C@@H](O)[C@H](C)O2)O[C@@H]5C(=O)O)[C@H]4NC(C)=O)[C@@H]3NC(C)=O. The van der Waals surface area contributed by atoms with Crippen LogP contribution in [0.15, 0.2) is 0 Å². The van der Waals surface area contributed by atoms with Gasteiger partial charge in [-0.1, -0.05) is 0 Å². The van der Waals surface area contributed by atoms with Gasteiger partial charge in [-0.25, -0.2) is 4.79 Å². The van der Waals surface area contributed by atoms with E-state index in [4.69, 9.17) is 37.9 Å². The Morgan fingerprint density at radius 3 is 1.20 bits per heavy atom. The minimum atomic E-state index is -2.09. The number of aliphatic carboxylic acids is 1. The van der Waals surface area contributed by atoms with Gasteiger partial charge in [0.25, 0.3) is 0 Å². The summed E-state index contributed by atoms with van der Waals surface area (Å²) in [4.78, 5) is 63.1. The smallest absolute Gasteiger partial charge is 0.335 e. The number of hydrogen-bond acceptors (Lipinski definition) is 18. The van der Waals surface area contributed by atoms with E-state index < -0.39 is 159 Å². The van der Waals surface area contributed by atoms with Gasteiger partial charge in [0, 0.05) is 27.7 Å². The average molecular weight is 795 g/mol. The lowest BCUT2D eigenvalue weighted by Gasteiger charge is -2.50. The molecule has 6 heterocycles. The van der Waals surface area contributed by atoms with Crippen LogP contribution < -0.4 is 21.3 Å². The number of carbonyl (C=O) groups is 5. The van der Waals surface area contributed by atoms with Crippen LogP contribution in [0.25, 0.3) is 0 Å². The third-order valence-electron chi connectivity index (χ3n) is 9.95. The van der Waals surface area contributed by atoms with E-state index in [0.29, 0.717) is 0 Å². The molecule has 20 atom stereocenters. The zero-order valence-electron chi connectivity index (χ0n) is 30.7. The third-order valence-corrected chi connectivity index (χ3v) is 9.95. The summed E-state index contributed by atoms with van der Waals surface area (Å²) in [5.74, 6) is -4.52. The fourth-order valence-corrected chi connectivity index (χ4v) is 7.42. The zero-order chi connectivity index (χ0) is 40.6. The highest BCUT2D eigenvalue weighted by atomic mass is 16.8. The zero-order valence-corrected chi connectivity index (χ0v) is 30.7. The van der Waals surface area contributed by atoms with E-state index in [9.17, 15) is 54.6 Å². The lowest BCUT2D eigenvalue weighted by Crippen LogP contribution is -2.71. The molecule has 0 radical (unpaired) electrons. The number of hydrogen-bond donors (Lipinski definition) is 10. The first-order chi connectivity index (χ1) is 25.8. The highest BCUT2D eigenvalue weighted by Gasteiger charge is 2.59. The monoisotopic (exact) mass is 794 g/mol. The molecular weight excluding hydrogens is 744 g/mol. The van der Waals surface area contributed by atoms with Crippen LogP contribution in [-0.2, 0) is 61.9 Å². The molecule has 8 bridgehead atoms. The van der Waals surface area contributed by atoms with Crippen molar-refractivity contribution in [2.24, 2.45) is 0 Å². The van der Waals surface area contributed by atoms with Crippen LogP contribution in [0.1, 0.15) is 41.5 Å². The van der Waals surface area contributed by atoms with E-state index in [1.807, 2.05) is 0 Å². The van der Waals surface area contributed by atoms with Crippen molar-refractivity contribution in [3.63, 3.8) is 0 Å². The molecule has 0 aromatic carbocycles. The molecule has 6 aliphatic heterocycles. The van der Waals surface area contributed by atoms with Gasteiger partial charge in [-0.2, -0.15) is 0 Å². The van der Waals surface area contributed by atoms with Gasteiger partial charge < -0.3 is 89.8 Å². The minimum Gasteiger partial charge on any atom is -0.479 e. The van der Waals surface area contributed by atoms with Crippen LogP contribution in [-0.4, -0.2) is 189 Å². The number of carbonyl (C=O) groups excluding carboxylic acids is 4. The Morgan fingerprint density at radius 2 is 0.818 bits per heavy atom. The lowest BCUT2D eigenvalue weighted by atomic mass is 9.93. The molecule has 6 fully saturated rings. The van der Waals surface area contributed by atoms with Crippen LogP contribution in [0, 0.1) is 0 Å². The number of ether oxygens (including phenoxy) is 8. The van der Waals surface area contributed by atoms with Crippen molar-refractivity contribution < 1.29 is 92.5 Å². The second kappa shape index (κ2) is 17.5. The Hall–Kier alpha value is -3.17. The molecule has 23 nitrogen and oxygen atoms in total. The van der Waals surface area contributed by atoms with Crippen LogP contribution in [0.5, 0.6) is 0 Å². The first-order valence-electron chi connectivity index (χ1n) is 17.7. The number of rotatable bonds is 6. The van der Waals surface area contributed by atoms with E-state index in [0.717, 1.165) is 27.7 Å². The van der Waals surface area contributed by atoms with Crippen LogP contribution >= 0.6 is 0 Å². The molecule has 6 rings (SSSR count). The highest BCUT2D eigenvalue weighted by Crippen LogP contribution is 2.37. The van der Waals surface area contributed by atoms with Gasteiger partial charge in [0.1, 0.15) is 79.1 Å². The molecule has 0 aliphatic carbocycles. The molecule has 0 unspecified atom stereocenters. The van der Waals surface area contributed by atoms with E-state index in [1.54, 1.807) is 0 Å². The molecule has 0 spiro atoms. The van der Waals surface area contributed by atoms with Gasteiger partial charge in [-0.15, -0.1) is 0 Å². The maximum Gasteiger partial charge on any atom is 0.335 e. The summed E-state index contributed by atoms with van der Waals surface area (Å²) in [7, 11) is 0. The van der Waals surface area contributed by atoms with E-state index >= 15 is 0 Å². The van der Waals surface area contributed by atoms with Crippen LogP contribution in [0.4, 0.5) is 0 Å². The summed E-state index contributed by atoms with van der Waals surface area (Å²) in [6, 6.07) is -6.16. The van der Waals surface area contributed by atoms with E-state index in [-0.39, 0.29) is 0 Å². The predicted octanol–water partition coefficient (Wildman–Crippen LogP) is -5.98. The van der Waals surface area contributed by atoms with Crippen molar-refractivity contribution >= 4 is 29.6 Å². The molecule has 312 valence electrons. The molecule has 55 heavy (non-hydrogen) atoms. The van der Waals surface area contributed by atoms with Gasteiger partial charge in [-0.05, 0) is 13.8 Å². The fraction of sp³-hybridized carbons (Fsp3) is 0.844. The first-order valence-corrected chi connectivity index (χ1v) is 17.7. The van der Waals surface area contributed by atoms with Gasteiger partial charge in [0.05, 0.1) is 18.8 Å². The van der Waals surface area contributed by atoms with Gasteiger partial charge >= 0.3 is 5.97 Å². The summed E-state index contributed by atoms with van der Waals surface area (Å²) in [6.45, 7) is 6.41. The number of nitrogens with one attached hydrogen (secondary N) is 4. The van der Waals surface area contributed by atoms with Gasteiger partial charge in [-0.3, -0.25) is 19.2 Å². The minimum absolute atomic E-state index is 0.684. The standard InChI is InChI=1S/C32H50N4O19/c1-8-19(42)23-16(34-11(4)39)30(48-8)53-25-18(36-13(6)41)32(50-14(7-37)21(25)44)52-24-17(35-12(5)40)31(49-9(2)20(24)43)54-26-22(45)15(33-10(3)38)29(51-23)55-27(26)28(46)47/h8-9,14-27,29-32,37,42-45H,7H2,1-6H3,(H,33,38)(H,34,39)(H,35,40)(H,36,41)(H,46,47)/t8-,9-,14+,15+,16-,17-,18+,19-,20-,21+,22+,23-,24-,25+,26+,27-,29-,30-,31-,32-/m0/s1. The highest BCUT2D eigenvalue weighted by molar-refractivity contribution is 5.75. The molecule has 6 saturated heterocycles. The number of amides is 4. The van der Waals surface area contributed by atoms with Crippen LogP contribution in [0.2, 0.25) is 0 Å². The van der Waals surface area contributed by atoms with Gasteiger partial charge in [0.2, 0.25) is 23.6 Å². The molecule has 4 amide bonds. The summed E-state index contributed by atoms with van der Waals surface area (Å²) in [5.41, 5.74) is 0. The molecule has 6 aliphatic rings. The summed E-state index contributed by atoms with van der Waals surface area (Å²) < 4.78 is 48.4. The van der Waals surface area contributed by atoms with Crippen LogP contribution in [0.3, 0.4) is 0 Å². The molecule has 0 aromatic heterocycles. The quantitative estimate of drug-likeness (QED) is 0.120. The average Bonchev–Trinajstić information content (AvgIpc) is 3.08. The number of carboxylic acids is 1. The number of carboxylic acid groups (broad SMARTS) is 1. The number of fused-ring (bicyclic) bond motifs is 2. The number of aliphatic hydroxyl groups is 5.